The first-order valence-corrected chi connectivity index (χ1v) is 15.1. The molecule has 0 heterocycles. The first kappa shape index (κ1) is 22.3. The van der Waals surface area contributed by atoms with Crippen molar-refractivity contribution in [1.82, 2.24) is 0 Å². The van der Waals surface area contributed by atoms with Crippen LogP contribution >= 0.6 is 0 Å². The van der Waals surface area contributed by atoms with Gasteiger partial charge >= 0.3 is 177 Å². The Balaban J connectivity index is 1.78. The Bertz CT molecular complexity index is 686. The van der Waals surface area contributed by atoms with Crippen LogP contribution in [0.1, 0.15) is 26.7 Å². The molecule has 0 bridgehead atoms. The molecule has 6 nitrogen and oxygen atoms in total. The maximum atomic E-state index is 11.6. The molecule has 8 heteroatoms. The molecule has 0 saturated heterocycles. The summed E-state index contributed by atoms with van der Waals surface area (Å²) in [6.07, 6.45) is 0.765. The van der Waals surface area contributed by atoms with Gasteiger partial charge in [0.1, 0.15) is 0 Å². The fourth-order valence-electron chi connectivity index (χ4n) is 1.98. The summed E-state index contributed by atoms with van der Waals surface area (Å²) in [5.74, 6) is 0. The number of hydrogen-bond donors (Lipinski definition) is 2. The van der Waals surface area contributed by atoms with E-state index in [-0.39, 0.29) is 0 Å². The van der Waals surface area contributed by atoms with E-state index in [1.807, 2.05) is 62.4 Å². The summed E-state index contributed by atoms with van der Waals surface area (Å²) in [6.45, 7) is 4.75. The Kier molecular flexibility index (Phi) is 9.94. The van der Waals surface area contributed by atoms with E-state index in [1.54, 1.807) is 0 Å². The number of amides is 2. The van der Waals surface area contributed by atoms with Crippen molar-refractivity contribution in [3.05, 3.63) is 48.5 Å². The average molecular weight is 514 g/mol. The van der Waals surface area contributed by atoms with Crippen LogP contribution in [0.3, 0.4) is 0 Å². The zero-order chi connectivity index (χ0) is 20.2. The van der Waals surface area contributed by atoms with Gasteiger partial charge < -0.3 is 0 Å². The molecule has 0 unspecified atom stereocenters. The van der Waals surface area contributed by atoms with Crippen LogP contribution in [-0.4, -0.2) is 51.7 Å². The van der Waals surface area contributed by atoms with Crippen LogP contribution in [0.15, 0.2) is 48.5 Å². The Hall–Kier alpha value is -1.98. The van der Waals surface area contributed by atoms with Gasteiger partial charge in [0.05, 0.1) is 0 Å². The van der Waals surface area contributed by atoms with Crippen molar-refractivity contribution in [2.24, 2.45) is 0 Å². The molecule has 0 aliphatic carbocycles. The number of hydrogen-bond acceptors (Lipinski definition) is 4. The number of carbonyl (C=O) groups excluding carboxylic acids is 2. The van der Waals surface area contributed by atoms with Gasteiger partial charge in [0, 0.05) is 0 Å². The molecule has 0 atom stereocenters. The summed E-state index contributed by atoms with van der Waals surface area (Å²) in [5.41, 5.74) is 1.47. The zero-order valence-corrected chi connectivity index (χ0v) is 19.3. The predicted molar refractivity (Wildman–Crippen MR) is 114 cm³/mol. The summed E-state index contributed by atoms with van der Waals surface area (Å²) in [4.78, 5) is 23.1. The number of benzene rings is 2. The van der Waals surface area contributed by atoms with Crippen molar-refractivity contribution in [2.45, 2.75) is 26.7 Å². The van der Waals surface area contributed by atoms with Gasteiger partial charge in [-0.3, -0.25) is 0 Å². The van der Waals surface area contributed by atoms with Crippen LogP contribution in [0.4, 0.5) is 21.0 Å². The van der Waals surface area contributed by atoms with E-state index in [9.17, 15) is 9.59 Å². The molecule has 0 saturated carbocycles. The molecule has 0 aliphatic heterocycles. The van der Waals surface area contributed by atoms with E-state index >= 15 is 0 Å². The van der Waals surface area contributed by atoms with Gasteiger partial charge in [-0.25, -0.2) is 0 Å². The van der Waals surface area contributed by atoms with E-state index in [0.717, 1.165) is 24.2 Å². The minimum atomic E-state index is -0.420. The molecular formula is C20H24N2O4Se2. The molecule has 2 aromatic carbocycles. The summed E-state index contributed by atoms with van der Waals surface area (Å²) in [7, 11) is 0. The molecule has 0 spiro atoms. The van der Waals surface area contributed by atoms with Crippen LogP contribution < -0.4 is 19.6 Å². The molecule has 0 fully saturated rings. The standard InChI is InChI=1S/C20H24N2O4Se2/c1-3-13-25-19(23)21-15-5-9-17(10-6-15)27-28-18-11-7-16(8-12-18)22-20(24)26-14-4-2/h5-12H,3-4,13-14H2,1-2H3,(H,21,23)(H,22,24). The van der Waals surface area contributed by atoms with E-state index in [0.29, 0.717) is 39.5 Å². The van der Waals surface area contributed by atoms with Crippen LogP contribution in [0.5, 0.6) is 0 Å². The van der Waals surface area contributed by atoms with Gasteiger partial charge in [-0.05, 0) is 0 Å². The van der Waals surface area contributed by atoms with Gasteiger partial charge in [-0.2, -0.15) is 0 Å². The summed E-state index contributed by atoms with van der Waals surface area (Å²) in [5, 5.41) is 5.44. The average Bonchev–Trinajstić information content (AvgIpc) is 2.71. The maximum absolute atomic E-state index is 11.6. The van der Waals surface area contributed by atoms with Crippen LogP contribution in [0.25, 0.3) is 0 Å². The van der Waals surface area contributed by atoms with Crippen LogP contribution in [0.2, 0.25) is 0 Å². The van der Waals surface area contributed by atoms with Crippen molar-refractivity contribution >= 4 is 58.7 Å². The fraction of sp³-hybridized carbons (Fsp3) is 0.300. The van der Waals surface area contributed by atoms with Crippen molar-refractivity contribution in [3.8, 4) is 0 Å². The second-order valence-electron chi connectivity index (χ2n) is 5.74. The monoisotopic (exact) mass is 516 g/mol. The Morgan fingerprint density at radius 1 is 0.714 bits per heavy atom. The Morgan fingerprint density at radius 2 is 1.07 bits per heavy atom. The molecule has 2 amide bonds. The van der Waals surface area contributed by atoms with E-state index < -0.39 is 12.2 Å². The van der Waals surface area contributed by atoms with Crippen molar-refractivity contribution < 1.29 is 19.1 Å². The molecule has 28 heavy (non-hydrogen) atoms. The summed E-state index contributed by atoms with van der Waals surface area (Å²) >= 11 is 0.673. The third-order valence-corrected chi connectivity index (χ3v) is 10.5. The Morgan fingerprint density at radius 3 is 1.39 bits per heavy atom. The quantitative estimate of drug-likeness (QED) is 0.505. The van der Waals surface area contributed by atoms with Gasteiger partial charge in [0.25, 0.3) is 0 Å². The van der Waals surface area contributed by atoms with Crippen molar-refractivity contribution in [2.75, 3.05) is 23.8 Å². The third-order valence-electron chi connectivity index (χ3n) is 3.31. The molecule has 0 aliphatic rings. The topological polar surface area (TPSA) is 76.7 Å². The summed E-state index contributed by atoms with van der Waals surface area (Å²) in [6, 6.07) is 15.7. The van der Waals surface area contributed by atoms with Gasteiger partial charge in [-0.15, -0.1) is 0 Å². The third kappa shape index (κ3) is 8.36. The molecule has 2 N–H and O–H groups in total. The van der Waals surface area contributed by atoms with Gasteiger partial charge in [0.15, 0.2) is 0 Å². The van der Waals surface area contributed by atoms with E-state index in [1.165, 1.54) is 8.92 Å². The normalized spacial score (nSPS) is 10.2. The summed E-state index contributed by atoms with van der Waals surface area (Å²) < 4.78 is 12.6. The van der Waals surface area contributed by atoms with Crippen LogP contribution in [-0.2, 0) is 9.47 Å². The van der Waals surface area contributed by atoms with E-state index in [2.05, 4.69) is 10.6 Å². The number of rotatable bonds is 9. The predicted octanol–water partition coefficient (Wildman–Crippen LogP) is 2.88. The number of anilines is 2. The van der Waals surface area contributed by atoms with Gasteiger partial charge in [0.2, 0.25) is 0 Å². The number of nitrogens with one attached hydrogen (secondary N) is 2. The SMILES string of the molecule is CCCOC(=O)Nc1ccc([Se][Se]c2ccc(NC(=O)OCCC)cc2)cc1. The second kappa shape index (κ2) is 12.5. The second-order valence-corrected chi connectivity index (χ2v) is 12.0. The number of ether oxygens (including phenoxy) is 2. The van der Waals surface area contributed by atoms with Gasteiger partial charge in [-0.1, -0.05) is 0 Å². The minimum absolute atomic E-state index is 0.337. The fourth-order valence-corrected chi connectivity index (χ4v) is 7.94. The molecular weight excluding hydrogens is 490 g/mol. The van der Waals surface area contributed by atoms with E-state index in [4.69, 9.17) is 9.47 Å². The molecule has 2 aromatic rings. The first-order chi connectivity index (χ1) is 13.6. The molecule has 150 valence electrons. The first-order valence-electron chi connectivity index (χ1n) is 9.03. The van der Waals surface area contributed by atoms with Crippen molar-refractivity contribution in [1.29, 1.82) is 0 Å². The molecule has 0 radical (unpaired) electrons. The molecule has 2 rings (SSSR count). The molecule has 0 aromatic heterocycles. The van der Waals surface area contributed by atoms with Crippen LogP contribution in [0, 0.1) is 0 Å². The Labute approximate surface area is 176 Å². The zero-order valence-electron chi connectivity index (χ0n) is 15.9. The van der Waals surface area contributed by atoms with Crippen molar-refractivity contribution in [3.63, 3.8) is 0 Å². The number of carbonyl (C=O) groups is 2.